The van der Waals surface area contributed by atoms with Crippen molar-refractivity contribution in [2.45, 2.75) is 31.6 Å². The fourth-order valence-electron chi connectivity index (χ4n) is 1.46. The summed E-state index contributed by atoms with van der Waals surface area (Å²) >= 11 is 0. The van der Waals surface area contributed by atoms with Crippen molar-refractivity contribution in [2.75, 3.05) is 5.32 Å². The van der Waals surface area contributed by atoms with Crippen molar-refractivity contribution in [1.29, 1.82) is 0 Å². The molecule has 1 aromatic carbocycles. The van der Waals surface area contributed by atoms with Crippen molar-refractivity contribution in [1.82, 2.24) is 0 Å². The van der Waals surface area contributed by atoms with Gasteiger partial charge >= 0.3 is 0 Å². The Morgan fingerprint density at radius 2 is 1.80 bits per heavy atom. The van der Waals surface area contributed by atoms with Crippen LogP contribution >= 0.6 is 0 Å². The molecular formula is C12H16F2N2O3S. The SMILES string of the molecule is CC(C)CCC(=O)Nc1c(F)cc(S(N)(=O)=O)cc1F. The molecule has 0 atom stereocenters. The Labute approximate surface area is 116 Å². The van der Waals surface area contributed by atoms with E-state index in [1.54, 1.807) is 0 Å². The third-order valence-electron chi connectivity index (χ3n) is 2.56. The summed E-state index contributed by atoms with van der Waals surface area (Å²) in [4.78, 5) is 10.8. The quantitative estimate of drug-likeness (QED) is 0.871. The van der Waals surface area contributed by atoms with Gasteiger partial charge in [-0.25, -0.2) is 22.3 Å². The highest BCUT2D eigenvalue weighted by atomic mass is 32.2. The summed E-state index contributed by atoms with van der Waals surface area (Å²) in [7, 11) is -4.21. The normalized spacial score (nSPS) is 11.7. The third-order valence-corrected chi connectivity index (χ3v) is 3.45. The summed E-state index contributed by atoms with van der Waals surface area (Å²) in [6, 6.07) is 1.13. The second-order valence-electron chi connectivity index (χ2n) is 4.79. The molecule has 0 saturated carbocycles. The zero-order valence-corrected chi connectivity index (χ0v) is 11.9. The number of primary sulfonamides is 1. The number of halogens is 2. The molecule has 0 unspecified atom stereocenters. The maximum Gasteiger partial charge on any atom is 0.238 e. The number of amides is 1. The van der Waals surface area contributed by atoms with Crippen LogP contribution in [0, 0.1) is 17.6 Å². The van der Waals surface area contributed by atoms with Gasteiger partial charge in [0.1, 0.15) is 5.69 Å². The maximum atomic E-state index is 13.6. The Balaban J connectivity index is 2.95. The van der Waals surface area contributed by atoms with Gasteiger partial charge in [-0.15, -0.1) is 0 Å². The fraction of sp³-hybridized carbons (Fsp3) is 0.417. The predicted molar refractivity (Wildman–Crippen MR) is 70.4 cm³/mol. The van der Waals surface area contributed by atoms with Crippen LogP contribution in [0.2, 0.25) is 0 Å². The van der Waals surface area contributed by atoms with Gasteiger partial charge in [0.25, 0.3) is 0 Å². The van der Waals surface area contributed by atoms with Gasteiger partial charge in [0, 0.05) is 6.42 Å². The first-order chi connectivity index (χ1) is 9.11. The molecule has 0 aliphatic heterocycles. The van der Waals surface area contributed by atoms with Crippen LogP contribution < -0.4 is 10.5 Å². The maximum absolute atomic E-state index is 13.6. The highest BCUT2D eigenvalue weighted by Crippen LogP contribution is 2.23. The van der Waals surface area contributed by atoms with E-state index in [-0.39, 0.29) is 12.3 Å². The Morgan fingerprint density at radius 3 is 2.20 bits per heavy atom. The lowest BCUT2D eigenvalue weighted by molar-refractivity contribution is -0.116. The number of anilines is 1. The summed E-state index contributed by atoms with van der Waals surface area (Å²) in [6.07, 6.45) is 0.692. The topological polar surface area (TPSA) is 89.3 Å². The predicted octanol–water partition coefficient (Wildman–Crippen LogP) is 1.99. The summed E-state index contributed by atoms with van der Waals surface area (Å²) in [6.45, 7) is 3.82. The number of benzene rings is 1. The van der Waals surface area contributed by atoms with Crippen molar-refractivity contribution in [3.8, 4) is 0 Å². The molecule has 0 bridgehead atoms. The Hall–Kier alpha value is -1.54. The highest BCUT2D eigenvalue weighted by molar-refractivity contribution is 7.89. The van der Waals surface area contributed by atoms with Gasteiger partial charge in [0.05, 0.1) is 4.90 Å². The molecule has 8 heteroatoms. The molecule has 5 nitrogen and oxygen atoms in total. The second-order valence-corrected chi connectivity index (χ2v) is 6.35. The Bertz CT molecular complexity index is 592. The first-order valence-corrected chi connectivity index (χ1v) is 7.47. The van der Waals surface area contributed by atoms with Gasteiger partial charge in [-0.3, -0.25) is 4.79 Å². The van der Waals surface area contributed by atoms with Crippen LogP contribution in [0.15, 0.2) is 17.0 Å². The van der Waals surface area contributed by atoms with Crippen LogP contribution in [0.3, 0.4) is 0 Å². The Kier molecular flexibility index (Phi) is 5.18. The molecule has 1 aromatic rings. The molecule has 20 heavy (non-hydrogen) atoms. The monoisotopic (exact) mass is 306 g/mol. The molecule has 112 valence electrons. The van der Waals surface area contributed by atoms with Crippen LogP contribution in [0.25, 0.3) is 0 Å². The van der Waals surface area contributed by atoms with E-state index < -0.39 is 38.1 Å². The van der Waals surface area contributed by atoms with Crippen molar-refractivity contribution in [3.63, 3.8) is 0 Å². The lowest BCUT2D eigenvalue weighted by Gasteiger charge is -2.10. The van der Waals surface area contributed by atoms with Crippen LogP contribution in [-0.2, 0) is 14.8 Å². The smallest absolute Gasteiger partial charge is 0.238 e. The van der Waals surface area contributed by atoms with Crippen LogP contribution in [0.1, 0.15) is 26.7 Å². The molecule has 0 saturated heterocycles. The van der Waals surface area contributed by atoms with Crippen LogP contribution in [0.5, 0.6) is 0 Å². The molecule has 0 aliphatic rings. The van der Waals surface area contributed by atoms with E-state index >= 15 is 0 Å². The molecular weight excluding hydrogens is 290 g/mol. The van der Waals surface area contributed by atoms with E-state index in [4.69, 9.17) is 5.14 Å². The van der Waals surface area contributed by atoms with Gasteiger partial charge in [0.2, 0.25) is 15.9 Å². The van der Waals surface area contributed by atoms with E-state index in [1.807, 2.05) is 13.8 Å². The average molecular weight is 306 g/mol. The molecule has 1 rings (SSSR count). The lowest BCUT2D eigenvalue weighted by Crippen LogP contribution is -2.17. The number of hydrogen-bond acceptors (Lipinski definition) is 3. The van der Waals surface area contributed by atoms with E-state index in [0.29, 0.717) is 18.6 Å². The number of nitrogens with two attached hydrogens (primary N) is 1. The summed E-state index contributed by atoms with van der Waals surface area (Å²) in [5, 5.41) is 6.87. The van der Waals surface area contributed by atoms with Crippen molar-refractivity contribution in [3.05, 3.63) is 23.8 Å². The number of rotatable bonds is 5. The number of nitrogens with one attached hydrogen (secondary N) is 1. The molecule has 1 amide bonds. The number of carbonyl (C=O) groups excluding carboxylic acids is 1. The van der Waals surface area contributed by atoms with E-state index in [1.165, 1.54) is 0 Å². The standard InChI is InChI=1S/C12H16F2N2O3S/c1-7(2)3-4-11(17)16-12-9(13)5-8(6-10(12)14)20(15,18)19/h5-7H,3-4H2,1-2H3,(H,16,17)(H2,15,18,19). The van der Waals surface area contributed by atoms with Crippen molar-refractivity contribution < 1.29 is 22.0 Å². The zero-order chi connectivity index (χ0) is 15.5. The van der Waals surface area contributed by atoms with E-state index in [2.05, 4.69) is 5.32 Å². The largest absolute Gasteiger partial charge is 0.321 e. The van der Waals surface area contributed by atoms with Crippen molar-refractivity contribution >= 4 is 21.6 Å². The van der Waals surface area contributed by atoms with E-state index in [0.717, 1.165) is 0 Å². The number of sulfonamides is 1. The average Bonchev–Trinajstić information content (AvgIpc) is 2.29. The van der Waals surface area contributed by atoms with Gasteiger partial charge in [0.15, 0.2) is 11.6 Å². The minimum Gasteiger partial charge on any atom is -0.321 e. The first-order valence-electron chi connectivity index (χ1n) is 5.93. The van der Waals surface area contributed by atoms with Gasteiger partial charge in [-0.1, -0.05) is 13.8 Å². The molecule has 0 radical (unpaired) electrons. The summed E-state index contributed by atoms with van der Waals surface area (Å²) < 4.78 is 49.3. The molecule has 0 spiro atoms. The zero-order valence-electron chi connectivity index (χ0n) is 11.1. The summed E-state index contributed by atoms with van der Waals surface area (Å²) in [5.41, 5.74) is -0.675. The summed E-state index contributed by atoms with van der Waals surface area (Å²) in [5.74, 6) is -2.64. The van der Waals surface area contributed by atoms with Crippen LogP contribution in [-0.4, -0.2) is 14.3 Å². The minimum absolute atomic E-state index is 0.119. The molecule has 0 aliphatic carbocycles. The van der Waals surface area contributed by atoms with Gasteiger partial charge < -0.3 is 5.32 Å². The fourth-order valence-corrected chi connectivity index (χ4v) is 1.99. The van der Waals surface area contributed by atoms with Gasteiger partial charge in [-0.2, -0.15) is 0 Å². The lowest BCUT2D eigenvalue weighted by atomic mass is 10.1. The second kappa shape index (κ2) is 6.27. The first kappa shape index (κ1) is 16.5. The highest BCUT2D eigenvalue weighted by Gasteiger charge is 2.18. The number of hydrogen-bond donors (Lipinski definition) is 2. The van der Waals surface area contributed by atoms with Gasteiger partial charge in [-0.05, 0) is 24.5 Å². The molecule has 0 fully saturated rings. The van der Waals surface area contributed by atoms with Crippen molar-refractivity contribution in [2.24, 2.45) is 11.1 Å². The minimum atomic E-state index is -4.21. The van der Waals surface area contributed by atoms with Crippen LogP contribution in [0.4, 0.5) is 14.5 Å². The molecule has 3 N–H and O–H groups in total. The third kappa shape index (κ3) is 4.53. The Morgan fingerprint density at radius 1 is 1.30 bits per heavy atom. The number of carbonyl (C=O) groups is 1. The molecule has 0 heterocycles. The molecule has 0 aromatic heterocycles. The van der Waals surface area contributed by atoms with E-state index in [9.17, 15) is 22.0 Å².